The summed E-state index contributed by atoms with van der Waals surface area (Å²) in [5, 5.41) is 18.9. The van der Waals surface area contributed by atoms with E-state index in [1.165, 1.54) is 10.9 Å². The van der Waals surface area contributed by atoms with Crippen LogP contribution in [-0.4, -0.2) is 45.0 Å². The van der Waals surface area contributed by atoms with Crippen LogP contribution in [0.5, 0.6) is 0 Å². The molecular formula is C26H28N4O5. The molecule has 4 rings (SSSR count). The Morgan fingerprint density at radius 2 is 1.60 bits per heavy atom. The Balaban J connectivity index is 1.48. The monoisotopic (exact) mass is 476 g/mol. The van der Waals surface area contributed by atoms with Gasteiger partial charge in [-0.15, -0.1) is 0 Å². The number of benzene rings is 2. The van der Waals surface area contributed by atoms with Gasteiger partial charge in [-0.25, -0.2) is 9.59 Å². The zero-order chi connectivity index (χ0) is 25.2. The summed E-state index contributed by atoms with van der Waals surface area (Å²) < 4.78 is 6.90. The van der Waals surface area contributed by atoms with Crippen LogP contribution in [-0.2, 0) is 16.6 Å². The second-order valence-electron chi connectivity index (χ2n) is 8.53. The van der Waals surface area contributed by atoms with Crippen LogP contribution in [0.2, 0.25) is 0 Å². The maximum Gasteiger partial charge on any atom is 0.412 e. The van der Waals surface area contributed by atoms with E-state index in [4.69, 9.17) is 4.74 Å². The predicted molar refractivity (Wildman–Crippen MR) is 130 cm³/mol. The van der Waals surface area contributed by atoms with Gasteiger partial charge in [-0.2, -0.15) is 5.10 Å². The highest BCUT2D eigenvalue weighted by molar-refractivity contribution is 6.03. The van der Waals surface area contributed by atoms with Gasteiger partial charge in [0.2, 0.25) is 0 Å². The lowest BCUT2D eigenvalue weighted by molar-refractivity contribution is -0.144. The zero-order valence-electron chi connectivity index (χ0n) is 19.9. The van der Waals surface area contributed by atoms with Crippen LogP contribution < -0.4 is 10.6 Å². The number of aryl methyl sites for hydroxylation is 1. The van der Waals surface area contributed by atoms with E-state index in [1.54, 1.807) is 20.9 Å². The number of carboxylic acid groups (broad SMARTS) is 1. The number of ether oxygens (including phenoxy) is 1. The number of rotatable bonds is 8. The number of nitrogens with zero attached hydrogens (tertiary/aromatic N) is 2. The van der Waals surface area contributed by atoms with Gasteiger partial charge in [-0.3, -0.25) is 14.8 Å². The number of aromatic nitrogens is 2. The maximum absolute atomic E-state index is 12.9. The number of aliphatic carboxylic acids is 1. The first kappa shape index (κ1) is 24.0. The van der Waals surface area contributed by atoms with Crippen molar-refractivity contribution in [2.75, 3.05) is 11.9 Å². The van der Waals surface area contributed by atoms with Gasteiger partial charge < -0.3 is 15.2 Å². The molecule has 0 spiro atoms. The number of fused-ring (bicyclic) bond motifs is 3. The van der Waals surface area contributed by atoms with E-state index < -0.39 is 23.5 Å². The Hall–Kier alpha value is -4.14. The van der Waals surface area contributed by atoms with E-state index in [-0.39, 0.29) is 36.7 Å². The van der Waals surface area contributed by atoms with Crippen molar-refractivity contribution in [3.05, 3.63) is 71.4 Å². The van der Waals surface area contributed by atoms with Crippen molar-refractivity contribution in [1.29, 1.82) is 0 Å². The van der Waals surface area contributed by atoms with Crippen molar-refractivity contribution in [2.24, 2.45) is 7.05 Å². The lowest BCUT2D eigenvalue weighted by atomic mass is 9.92. The molecule has 0 saturated carbocycles. The van der Waals surface area contributed by atoms with Crippen LogP contribution in [0.25, 0.3) is 11.1 Å². The third-order valence-electron chi connectivity index (χ3n) is 6.72. The Kier molecular flexibility index (Phi) is 6.59. The summed E-state index contributed by atoms with van der Waals surface area (Å²) in [4.78, 5) is 37.4. The SMILES string of the molecule is CCC(CC)(NC(=O)c1cnn(C)c1NC(=O)OCC1c2ccccc2-c2ccccc21)C(=O)O. The Morgan fingerprint density at radius 1 is 1.03 bits per heavy atom. The first-order valence-corrected chi connectivity index (χ1v) is 11.5. The number of anilines is 1. The van der Waals surface area contributed by atoms with Crippen molar-refractivity contribution in [3.63, 3.8) is 0 Å². The lowest BCUT2D eigenvalue weighted by Gasteiger charge is -2.28. The van der Waals surface area contributed by atoms with Crippen LogP contribution in [0.4, 0.5) is 10.6 Å². The molecule has 182 valence electrons. The van der Waals surface area contributed by atoms with Crippen molar-refractivity contribution in [1.82, 2.24) is 15.1 Å². The summed E-state index contributed by atoms with van der Waals surface area (Å²) in [6, 6.07) is 16.1. The lowest BCUT2D eigenvalue weighted by Crippen LogP contribution is -2.53. The first-order chi connectivity index (χ1) is 16.8. The van der Waals surface area contributed by atoms with E-state index in [0.29, 0.717) is 0 Å². The van der Waals surface area contributed by atoms with E-state index in [1.807, 2.05) is 36.4 Å². The summed E-state index contributed by atoms with van der Waals surface area (Å²) in [5.41, 5.74) is 3.06. The van der Waals surface area contributed by atoms with Crippen molar-refractivity contribution >= 4 is 23.8 Å². The average Bonchev–Trinajstić information content (AvgIpc) is 3.38. The molecule has 0 unspecified atom stereocenters. The second-order valence-corrected chi connectivity index (χ2v) is 8.53. The van der Waals surface area contributed by atoms with Gasteiger partial charge in [0.1, 0.15) is 23.5 Å². The molecule has 1 heterocycles. The van der Waals surface area contributed by atoms with Crippen molar-refractivity contribution < 1.29 is 24.2 Å². The number of hydrogen-bond acceptors (Lipinski definition) is 5. The third kappa shape index (κ3) is 4.37. The molecular weight excluding hydrogens is 448 g/mol. The van der Waals surface area contributed by atoms with Gasteiger partial charge in [0.25, 0.3) is 5.91 Å². The summed E-state index contributed by atoms with van der Waals surface area (Å²) in [5.74, 6) is -1.75. The third-order valence-corrected chi connectivity index (χ3v) is 6.72. The fraction of sp³-hybridized carbons (Fsp3) is 0.308. The Bertz CT molecular complexity index is 1230. The predicted octanol–water partition coefficient (Wildman–Crippen LogP) is 4.15. The fourth-order valence-electron chi connectivity index (χ4n) is 4.55. The molecule has 2 aromatic carbocycles. The molecule has 9 nitrogen and oxygen atoms in total. The van der Waals surface area contributed by atoms with Gasteiger partial charge >= 0.3 is 12.1 Å². The van der Waals surface area contributed by atoms with Gasteiger partial charge in [0.05, 0.1) is 6.20 Å². The van der Waals surface area contributed by atoms with Crippen molar-refractivity contribution in [3.8, 4) is 11.1 Å². The summed E-state index contributed by atoms with van der Waals surface area (Å²) >= 11 is 0. The van der Waals surface area contributed by atoms with Gasteiger partial charge in [-0.1, -0.05) is 62.4 Å². The smallest absolute Gasteiger partial charge is 0.412 e. The van der Waals surface area contributed by atoms with E-state index >= 15 is 0 Å². The average molecular weight is 477 g/mol. The number of amides is 2. The number of nitrogens with one attached hydrogen (secondary N) is 2. The van der Waals surface area contributed by atoms with Gasteiger partial charge in [-0.05, 0) is 35.1 Å². The standard InChI is InChI=1S/C26H28N4O5/c1-4-26(5-2,24(32)33)29-23(31)20-14-27-30(3)22(20)28-25(34)35-15-21-18-12-8-6-10-16(18)17-11-7-9-13-19(17)21/h6-14,21H,4-5,15H2,1-3H3,(H,28,34)(H,29,31)(H,32,33). The largest absolute Gasteiger partial charge is 0.480 e. The van der Waals surface area contributed by atoms with E-state index in [2.05, 4.69) is 27.9 Å². The molecule has 0 aliphatic heterocycles. The highest BCUT2D eigenvalue weighted by Crippen LogP contribution is 2.44. The minimum Gasteiger partial charge on any atom is -0.480 e. The molecule has 0 atom stereocenters. The van der Waals surface area contributed by atoms with Crippen LogP contribution in [0.15, 0.2) is 54.7 Å². The molecule has 1 aromatic heterocycles. The van der Waals surface area contributed by atoms with Crippen LogP contribution in [0.1, 0.15) is 54.1 Å². The number of hydrogen-bond donors (Lipinski definition) is 3. The van der Waals surface area contributed by atoms with Crippen LogP contribution >= 0.6 is 0 Å². The maximum atomic E-state index is 12.9. The molecule has 2 amide bonds. The number of carboxylic acids is 1. The molecule has 0 fully saturated rings. The Labute approximate surface area is 203 Å². The molecule has 0 bridgehead atoms. The number of carbonyl (C=O) groups excluding carboxylic acids is 2. The molecule has 1 aliphatic rings. The molecule has 1 aliphatic carbocycles. The minimum atomic E-state index is -1.41. The first-order valence-electron chi connectivity index (χ1n) is 11.5. The minimum absolute atomic E-state index is 0.0496. The Morgan fingerprint density at radius 3 is 2.14 bits per heavy atom. The topological polar surface area (TPSA) is 123 Å². The van der Waals surface area contributed by atoms with Gasteiger partial charge in [0, 0.05) is 13.0 Å². The van der Waals surface area contributed by atoms with Crippen LogP contribution in [0.3, 0.4) is 0 Å². The molecule has 9 heteroatoms. The van der Waals surface area contributed by atoms with E-state index in [9.17, 15) is 19.5 Å². The van der Waals surface area contributed by atoms with Crippen molar-refractivity contribution in [2.45, 2.75) is 38.1 Å². The zero-order valence-corrected chi connectivity index (χ0v) is 19.9. The van der Waals surface area contributed by atoms with Gasteiger partial charge in [0.15, 0.2) is 0 Å². The molecule has 0 saturated heterocycles. The fourth-order valence-corrected chi connectivity index (χ4v) is 4.55. The molecule has 3 N–H and O–H groups in total. The quantitative estimate of drug-likeness (QED) is 0.449. The highest BCUT2D eigenvalue weighted by Gasteiger charge is 2.37. The van der Waals surface area contributed by atoms with E-state index in [0.717, 1.165) is 22.3 Å². The summed E-state index contributed by atoms with van der Waals surface area (Å²) in [7, 11) is 1.57. The molecule has 0 radical (unpaired) electrons. The normalized spacial score (nSPS) is 12.5. The summed E-state index contributed by atoms with van der Waals surface area (Å²) in [6.07, 6.45) is 0.965. The second kappa shape index (κ2) is 9.61. The summed E-state index contributed by atoms with van der Waals surface area (Å²) in [6.45, 7) is 3.50. The van der Waals surface area contributed by atoms with Crippen LogP contribution in [0, 0.1) is 0 Å². The highest BCUT2D eigenvalue weighted by atomic mass is 16.5. The molecule has 35 heavy (non-hydrogen) atoms. The number of carbonyl (C=O) groups is 3. The molecule has 3 aromatic rings.